The molecule has 0 aliphatic heterocycles. The van der Waals surface area contributed by atoms with Crippen LogP contribution in [0.2, 0.25) is 0 Å². The standard InChI is InChI=1S/C16H18N2O3S3/c1-23-16(21-10-22,8-18-5-4-17-9-18)14-7-11-2-3-12(15(19)20)6-13(11)24-14/h4-5,7,9-10,12H,2-3,6,8H2,1H3,(H,19,20). The number of imidazole rings is 1. The summed E-state index contributed by atoms with van der Waals surface area (Å²) in [6.07, 6.45) is 9.48. The predicted molar refractivity (Wildman–Crippen MR) is 99.6 cm³/mol. The van der Waals surface area contributed by atoms with Gasteiger partial charge in [0, 0.05) is 17.3 Å². The molecular weight excluding hydrogens is 364 g/mol. The monoisotopic (exact) mass is 382 g/mol. The van der Waals surface area contributed by atoms with Crippen molar-refractivity contribution in [2.45, 2.75) is 30.7 Å². The van der Waals surface area contributed by atoms with Crippen LogP contribution in [0.15, 0.2) is 24.8 Å². The summed E-state index contributed by atoms with van der Waals surface area (Å²) in [6, 6.07) is 2.16. The molecule has 2 aromatic rings. The highest BCUT2D eigenvalue weighted by Crippen LogP contribution is 2.44. The van der Waals surface area contributed by atoms with Gasteiger partial charge in [0.2, 0.25) is 4.93 Å². The van der Waals surface area contributed by atoms with Gasteiger partial charge in [0.05, 0.1) is 23.7 Å². The number of rotatable bonds is 7. The molecule has 3 rings (SSSR count). The first-order valence-corrected chi connectivity index (χ1v) is 10.1. The van der Waals surface area contributed by atoms with Crippen molar-refractivity contribution in [3.63, 3.8) is 0 Å². The van der Waals surface area contributed by atoms with E-state index in [4.69, 9.17) is 17.0 Å². The SMILES string of the molecule is CSC(Cn1ccnc1)(OC=S)c1cc2c(s1)CC(C(=O)O)CC2. The Hall–Kier alpha value is -1.38. The first-order chi connectivity index (χ1) is 11.6. The molecule has 0 radical (unpaired) electrons. The molecule has 1 N–H and O–H groups in total. The number of fused-ring (bicyclic) bond motifs is 1. The zero-order valence-corrected chi connectivity index (χ0v) is 15.6. The maximum atomic E-state index is 11.3. The van der Waals surface area contributed by atoms with Crippen LogP contribution in [0.5, 0.6) is 0 Å². The zero-order valence-electron chi connectivity index (χ0n) is 13.2. The minimum atomic E-state index is -0.708. The van der Waals surface area contributed by atoms with Crippen molar-refractivity contribution in [2.75, 3.05) is 6.26 Å². The molecule has 2 heterocycles. The van der Waals surface area contributed by atoms with Crippen LogP contribution in [0.4, 0.5) is 0 Å². The topological polar surface area (TPSA) is 64.4 Å². The van der Waals surface area contributed by atoms with Crippen molar-refractivity contribution in [1.82, 2.24) is 9.55 Å². The molecule has 0 saturated heterocycles. The van der Waals surface area contributed by atoms with E-state index in [1.165, 1.54) is 11.1 Å². The molecule has 0 fully saturated rings. The highest BCUT2D eigenvalue weighted by atomic mass is 32.2. The Bertz CT molecular complexity index is 729. The van der Waals surface area contributed by atoms with Crippen molar-refractivity contribution in [3.8, 4) is 0 Å². The Morgan fingerprint density at radius 3 is 3.17 bits per heavy atom. The lowest BCUT2D eigenvalue weighted by Gasteiger charge is -2.30. The third-order valence-electron chi connectivity index (χ3n) is 4.33. The summed E-state index contributed by atoms with van der Waals surface area (Å²) in [4.78, 5) is 17.0. The number of aromatic nitrogens is 2. The minimum absolute atomic E-state index is 0.284. The van der Waals surface area contributed by atoms with Crippen LogP contribution < -0.4 is 0 Å². The van der Waals surface area contributed by atoms with E-state index in [0.29, 0.717) is 19.4 Å². The maximum absolute atomic E-state index is 11.3. The molecular formula is C16H18N2O3S3. The smallest absolute Gasteiger partial charge is 0.306 e. The average Bonchev–Trinajstić information content (AvgIpc) is 3.22. The van der Waals surface area contributed by atoms with Crippen molar-refractivity contribution in [2.24, 2.45) is 5.92 Å². The molecule has 0 saturated carbocycles. The van der Waals surface area contributed by atoms with Crippen molar-refractivity contribution in [3.05, 3.63) is 40.1 Å². The number of thiocarbonyl (C=S) groups is 1. The number of hydrogen-bond acceptors (Lipinski definition) is 6. The molecule has 0 bridgehead atoms. The summed E-state index contributed by atoms with van der Waals surface area (Å²) < 4.78 is 7.85. The highest BCUT2D eigenvalue weighted by molar-refractivity contribution is 7.99. The number of hydrogen-bond donors (Lipinski definition) is 1. The van der Waals surface area contributed by atoms with Gasteiger partial charge >= 0.3 is 5.97 Å². The van der Waals surface area contributed by atoms with Crippen molar-refractivity contribution >= 4 is 46.8 Å². The summed E-state index contributed by atoms with van der Waals surface area (Å²) in [5, 5.41) is 9.28. The second-order valence-corrected chi connectivity index (χ2v) is 8.14. The number of nitrogens with zero attached hydrogens (tertiary/aromatic N) is 2. The number of thioether (sulfide) groups is 1. The van der Waals surface area contributed by atoms with Crippen LogP contribution in [-0.4, -0.2) is 32.4 Å². The minimum Gasteiger partial charge on any atom is -0.481 e. The van der Waals surface area contributed by atoms with Gasteiger partial charge in [-0.15, -0.1) is 23.1 Å². The largest absolute Gasteiger partial charge is 0.481 e. The number of carbonyl (C=O) groups is 1. The van der Waals surface area contributed by atoms with Crippen LogP contribution >= 0.6 is 35.3 Å². The molecule has 0 spiro atoms. The van der Waals surface area contributed by atoms with Crippen molar-refractivity contribution < 1.29 is 14.6 Å². The van der Waals surface area contributed by atoms with Gasteiger partial charge < -0.3 is 14.4 Å². The Morgan fingerprint density at radius 2 is 2.54 bits per heavy atom. The molecule has 8 heteroatoms. The van der Waals surface area contributed by atoms with E-state index >= 15 is 0 Å². The Balaban J connectivity index is 1.94. The number of carboxylic acid groups (broad SMARTS) is 1. The van der Waals surface area contributed by atoms with Gasteiger partial charge in [-0.1, -0.05) is 0 Å². The fourth-order valence-corrected chi connectivity index (χ4v) is 5.58. The first-order valence-electron chi connectivity index (χ1n) is 7.55. The lowest BCUT2D eigenvalue weighted by atomic mass is 9.89. The summed E-state index contributed by atoms with van der Waals surface area (Å²) in [5.41, 5.74) is 2.55. The van der Waals surface area contributed by atoms with E-state index in [1.54, 1.807) is 35.6 Å². The van der Waals surface area contributed by atoms with Gasteiger partial charge in [-0.3, -0.25) is 4.79 Å². The first kappa shape index (κ1) is 17.4. The van der Waals surface area contributed by atoms with Gasteiger partial charge in [-0.2, -0.15) is 0 Å². The third-order valence-corrected chi connectivity index (χ3v) is 7.01. The van der Waals surface area contributed by atoms with Crippen LogP contribution in [0.25, 0.3) is 0 Å². The molecule has 24 heavy (non-hydrogen) atoms. The van der Waals surface area contributed by atoms with Gasteiger partial charge in [0.15, 0.2) is 0 Å². The fraction of sp³-hybridized carbons (Fsp3) is 0.438. The van der Waals surface area contributed by atoms with Gasteiger partial charge in [0.25, 0.3) is 0 Å². The van der Waals surface area contributed by atoms with Crippen LogP contribution in [0, 0.1) is 5.92 Å². The number of ether oxygens (including phenoxy) is 1. The second kappa shape index (κ2) is 7.25. The summed E-state index contributed by atoms with van der Waals surface area (Å²) in [6.45, 7) is 0.586. The van der Waals surface area contributed by atoms with E-state index in [2.05, 4.69) is 11.1 Å². The van der Waals surface area contributed by atoms with Gasteiger partial charge in [-0.05, 0) is 49.4 Å². The molecule has 1 aliphatic carbocycles. The number of thiophene rings is 1. The average molecular weight is 383 g/mol. The van der Waals surface area contributed by atoms with E-state index < -0.39 is 10.9 Å². The molecule has 128 valence electrons. The van der Waals surface area contributed by atoms with Crippen LogP contribution in [0.1, 0.15) is 21.7 Å². The molecule has 2 aromatic heterocycles. The Morgan fingerprint density at radius 1 is 1.71 bits per heavy atom. The lowest BCUT2D eigenvalue weighted by molar-refractivity contribution is -0.142. The normalized spacial score (nSPS) is 19.3. The fourth-order valence-electron chi connectivity index (χ4n) is 2.99. The lowest BCUT2D eigenvalue weighted by Crippen LogP contribution is -2.29. The number of aryl methyl sites for hydroxylation is 1. The molecule has 1 aliphatic rings. The van der Waals surface area contributed by atoms with E-state index in [9.17, 15) is 9.90 Å². The van der Waals surface area contributed by atoms with Crippen molar-refractivity contribution in [1.29, 1.82) is 0 Å². The van der Waals surface area contributed by atoms with Gasteiger partial charge in [-0.25, -0.2) is 4.98 Å². The Labute approximate surface area is 154 Å². The molecule has 2 atom stereocenters. The summed E-state index contributed by atoms with van der Waals surface area (Å²) in [7, 11) is 0. The zero-order chi connectivity index (χ0) is 17.2. The van der Waals surface area contributed by atoms with E-state index in [0.717, 1.165) is 16.2 Å². The summed E-state index contributed by atoms with van der Waals surface area (Å²) >= 11 is 8.20. The predicted octanol–water partition coefficient (Wildman–Crippen LogP) is 3.32. The number of aliphatic carboxylic acids is 1. The second-order valence-electron chi connectivity index (χ2n) is 5.74. The third kappa shape index (κ3) is 3.36. The molecule has 2 unspecified atom stereocenters. The van der Waals surface area contributed by atoms with E-state index in [-0.39, 0.29) is 5.92 Å². The van der Waals surface area contributed by atoms with Crippen LogP contribution in [0.3, 0.4) is 0 Å². The van der Waals surface area contributed by atoms with Gasteiger partial charge in [0.1, 0.15) is 5.55 Å². The highest BCUT2D eigenvalue weighted by Gasteiger charge is 2.37. The van der Waals surface area contributed by atoms with E-state index in [1.807, 2.05) is 17.0 Å². The quantitative estimate of drug-likeness (QED) is 0.585. The Kier molecular flexibility index (Phi) is 5.27. The summed E-state index contributed by atoms with van der Waals surface area (Å²) in [5.74, 6) is -0.993. The molecule has 5 nitrogen and oxygen atoms in total. The molecule has 0 amide bonds. The van der Waals surface area contributed by atoms with Crippen LogP contribution in [-0.2, 0) is 33.9 Å². The molecule has 0 aromatic carbocycles. The number of carboxylic acids is 1. The maximum Gasteiger partial charge on any atom is 0.306 e.